The van der Waals surface area contributed by atoms with Gasteiger partial charge in [0.25, 0.3) is 5.56 Å². The van der Waals surface area contributed by atoms with Crippen molar-refractivity contribution in [1.82, 2.24) is 9.97 Å². The van der Waals surface area contributed by atoms with Crippen LogP contribution in [-0.4, -0.2) is 16.5 Å². The van der Waals surface area contributed by atoms with Gasteiger partial charge in [0.1, 0.15) is 11.6 Å². The Morgan fingerprint density at radius 3 is 2.89 bits per heavy atom. The van der Waals surface area contributed by atoms with Crippen LogP contribution in [0, 0.1) is 6.92 Å². The number of anilines is 1. The van der Waals surface area contributed by atoms with Crippen molar-refractivity contribution in [2.45, 2.75) is 26.2 Å². The second-order valence-corrected chi connectivity index (χ2v) is 5.88. The molecule has 0 fully saturated rings. The zero-order chi connectivity index (χ0) is 13.2. The van der Waals surface area contributed by atoms with Crippen LogP contribution in [0.3, 0.4) is 0 Å². The van der Waals surface area contributed by atoms with Gasteiger partial charge in [-0.05, 0) is 18.4 Å². The summed E-state index contributed by atoms with van der Waals surface area (Å²) in [6, 6.07) is 5.66. The first-order valence-electron chi connectivity index (χ1n) is 5.83. The summed E-state index contributed by atoms with van der Waals surface area (Å²) in [5.74, 6) is 1.25. The topological polar surface area (TPSA) is 57.8 Å². The zero-order valence-electron chi connectivity index (χ0n) is 10.8. The molecule has 0 atom stereocenters. The Bertz CT molecular complexity index is 572. The van der Waals surface area contributed by atoms with Crippen LogP contribution in [-0.2, 0) is 5.41 Å². The fourth-order valence-corrected chi connectivity index (χ4v) is 2.58. The number of rotatable bonds is 4. The van der Waals surface area contributed by atoms with Gasteiger partial charge in [-0.2, -0.15) is 0 Å². The Labute approximate surface area is 110 Å². The maximum absolute atomic E-state index is 11.3. The van der Waals surface area contributed by atoms with E-state index in [1.54, 1.807) is 18.3 Å². The van der Waals surface area contributed by atoms with E-state index in [2.05, 4.69) is 46.6 Å². The van der Waals surface area contributed by atoms with Gasteiger partial charge in [0.05, 0.1) is 0 Å². The Morgan fingerprint density at radius 1 is 1.50 bits per heavy atom. The summed E-state index contributed by atoms with van der Waals surface area (Å²) in [6.45, 7) is 6.86. The fraction of sp³-hybridized carbons (Fsp3) is 0.385. The largest absolute Gasteiger partial charge is 0.369 e. The van der Waals surface area contributed by atoms with Gasteiger partial charge >= 0.3 is 0 Å². The Kier molecular flexibility index (Phi) is 3.52. The average molecular weight is 263 g/mol. The van der Waals surface area contributed by atoms with Crippen molar-refractivity contribution in [3.8, 4) is 0 Å². The Morgan fingerprint density at radius 2 is 2.28 bits per heavy atom. The number of hydrogen-bond donors (Lipinski definition) is 2. The molecule has 5 heteroatoms. The molecule has 4 nitrogen and oxygen atoms in total. The molecule has 0 saturated heterocycles. The minimum absolute atomic E-state index is 0.0202. The molecule has 0 unspecified atom stereocenters. The first-order chi connectivity index (χ1) is 8.47. The van der Waals surface area contributed by atoms with Crippen LogP contribution in [0.1, 0.15) is 24.5 Å². The molecule has 0 amide bonds. The van der Waals surface area contributed by atoms with E-state index >= 15 is 0 Å². The van der Waals surface area contributed by atoms with Crippen LogP contribution in [0.15, 0.2) is 28.4 Å². The molecule has 0 aromatic carbocycles. The molecular weight excluding hydrogens is 246 g/mol. The standard InChI is InChI=1S/C13H17N3OS/c1-9-15-11(7-12(17)16-9)14-8-13(2,3)10-5-4-6-18-10/h4-7H,8H2,1-3H3,(H2,14,15,16,17). The second-order valence-electron chi connectivity index (χ2n) is 4.93. The Balaban J connectivity index is 2.09. The van der Waals surface area contributed by atoms with Crippen molar-refractivity contribution in [2.24, 2.45) is 0 Å². The summed E-state index contributed by atoms with van der Waals surface area (Å²) >= 11 is 1.74. The van der Waals surface area contributed by atoms with E-state index in [1.165, 1.54) is 10.9 Å². The first kappa shape index (κ1) is 12.8. The third-order valence-corrected chi connectivity index (χ3v) is 4.00. The van der Waals surface area contributed by atoms with Crippen LogP contribution in [0.4, 0.5) is 5.82 Å². The number of aromatic amines is 1. The van der Waals surface area contributed by atoms with E-state index in [1.807, 2.05) is 0 Å². The molecule has 0 bridgehead atoms. The molecule has 0 saturated carbocycles. The SMILES string of the molecule is Cc1nc(NCC(C)(C)c2cccs2)cc(=O)[nH]1. The third-order valence-electron chi connectivity index (χ3n) is 2.76. The van der Waals surface area contributed by atoms with Gasteiger partial charge in [-0.1, -0.05) is 19.9 Å². The summed E-state index contributed by atoms with van der Waals surface area (Å²) in [4.78, 5) is 19.5. The van der Waals surface area contributed by atoms with Crippen molar-refractivity contribution < 1.29 is 0 Å². The second kappa shape index (κ2) is 4.94. The minimum Gasteiger partial charge on any atom is -0.369 e. The summed E-state index contributed by atoms with van der Waals surface area (Å²) in [5, 5.41) is 5.31. The van der Waals surface area contributed by atoms with Gasteiger partial charge in [0.15, 0.2) is 0 Å². The van der Waals surface area contributed by atoms with Crippen molar-refractivity contribution in [2.75, 3.05) is 11.9 Å². The molecule has 2 heterocycles. The lowest BCUT2D eigenvalue weighted by molar-refractivity contribution is 0.568. The van der Waals surface area contributed by atoms with Crippen molar-refractivity contribution in [3.63, 3.8) is 0 Å². The number of aromatic nitrogens is 2. The average Bonchev–Trinajstić information content (AvgIpc) is 2.79. The highest BCUT2D eigenvalue weighted by Gasteiger charge is 2.21. The van der Waals surface area contributed by atoms with E-state index in [0.29, 0.717) is 11.6 Å². The predicted octanol–water partition coefficient (Wildman–Crippen LogP) is 2.53. The van der Waals surface area contributed by atoms with Crippen LogP contribution in [0.5, 0.6) is 0 Å². The first-order valence-corrected chi connectivity index (χ1v) is 6.71. The van der Waals surface area contributed by atoms with E-state index < -0.39 is 0 Å². The summed E-state index contributed by atoms with van der Waals surface area (Å²) in [7, 11) is 0. The van der Waals surface area contributed by atoms with Crippen molar-refractivity contribution in [3.05, 3.63) is 44.6 Å². The highest BCUT2D eigenvalue weighted by molar-refractivity contribution is 7.10. The molecule has 18 heavy (non-hydrogen) atoms. The number of aryl methyl sites for hydroxylation is 1. The smallest absolute Gasteiger partial charge is 0.252 e. The molecule has 2 aromatic rings. The van der Waals surface area contributed by atoms with Gasteiger partial charge in [-0.3, -0.25) is 4.79 Å². The van der Waals surface area contributed by atoms with E-state index in [9.17, 15) is 4.79 Å². The predicted molar refractivity (Wildman–Crippen MR) is 75.4 cm³/mol. The normalized spacial score (nSPS) is 11.5. The van der Waals surface area contributed by atoms with Crippen molar-refractivity contribution >= 4 is 17.2 Å². The molecule has 0 aliphatic rings. The molecule has 2 N–H and O–H groups in total. The van der Waals surface area contributed by atoms with Crippen LogP contribution in [0.2, 0.25) is 0 Å². The molecule has 0 radical (unpaired) electrons. The van der Waals surface area contributed by atoms with Crippen LogP contribution < -0.4 is 10.9 Å². The van der Waals surface area contributed by atoms with Gasteiger partial charge in [0, 0.05) is 22.9 Å². The van der Waals surface area contributed by atoms with Crippen LogP contribution in [0.25, 0.3) is 0 Å². The summed E-state index contributed by atoms with van der Waals surface area (Å²) < 4.78 is 0. The van der Waals surface area contributed by atoms with Gasteiger partial charge < -0.3 is 10.3 Å². The lowest BCUT2D eigenvalue weighted by Crippen LogP contribution is -2.27. The minimum atomic E-state index is -0.126. The monoisotopic (exact) mass is 263 g/mol. The lowest BCUT2D eigenvalue weighted by atomic mass is 9.91. The molecule has 0 aliphatic heterocycles. The van der Waals surface area contributed by atoms with Gasteiger partial charge in [-0.15, -0.1) is 11.3 Å². The molecule has 0 spiro atoms. The van der Waals surface area contributed by atoms with E-state index in [-0.39, 0.29) is 11.0 Å². The zero-order valence-corrected chi connectivity index (χ0v) is 11.6. The quantitative estimate of drug-likeness (QED) is 0.891. The summed E-state index contributed by atoms with van der Waals surface area (Å²) in [6.07, 6.45) is 0. The third kappa shape index (κ3) is 2.98. The molecule has 96 valence electrons. The van der Waals surface area contributed by atoms with Crippen LogP contribution >= 0.6 is 11.3 Å². The highest BCUT2D eigenvalue weighted by atomic mass is 32.1. The fourth-order valence-electron chi connectivity index (χ4n) is 1.73. The van der Waals surface area contributed by atoms with Gasteiger partial charge in [-0.25, -0.2) is 4.98 Å². The molecular formula is C13H17N3OS. The summed E-state index contributed by atoms with van der Waals surface area (Å²) in [5.41, 5.74) is -0.106. The number of H-pyrrole nitrogens is 1. The lowest BCUT2D eigenvalue weighted by Gasteiger charge is -2.23. The molecule has 0 aliphatic carbocycles. The maximum Gasteiger partial charge on any atom is 0.252 e. The maximum atomic E-state index is 11.3. The Hall–Kier alpha value is -1.62. The number of nitrogens with zero attached hydrogens (tertiary/aromatic N) is 1. The molecule has 2 rings (SSSR count). The number of nitrogens with one attached hydrogen (secondary N) is 2. The number of thiophene rings is 1. The number of hydrogen-bond acceptors (Lipinski definition) is 4. The van der Waals surface area contributed by atoms with E-state index in [0.717, 1.165) is 6.54 Å². The highest BCUT2D eigenvalue weighted by Crippen LogP contribution is 2.27. The molecule has 2 aromatic heterocycles. The van der Waals surface area contributed by atoms with E-state index in [4.69, 9.17) is 0 Å². The van der Waals surface area contributed by atoms with Crippen molar-refractivity contribution in [1.29, 1.82) is 0 Å². The van der Waals surface area contributed by atoms with Gasteiger partial charge in [0.2, 0.25) is 0 Å².